The van der Waals surface area contributed by atoms with E-state index in [1.165, 1.54) is 6.42 Å². The van der Waals surface area contributed by atoms with Gasteiger partial charge in [-0.15, -0.1) is 0 Å². The van der Waals surface area contributed by atoms with E-state index in [1.54, 1.807) is 25.3 Å². The summed E-state index contributed by atoms with van der Waals surface area (Å²) in [5.74, 6) is 1.92. The van der Waals surface area contributed by atoms with Crippen LogP contribution in [0.2, 0.25) is 0 Å². The molecule has 1 aliphatic rings. The van der Waals surface area contributed by atoms with Crippen molar-refractivity contribution in [3.8, 4) is 0 Å². The highest BCUT2D eigenvalue weighted by atomic mass is 16.4. The fourth-order valence-electron chi connectivity index (χ4n) is 2.67. The van der Waals surface area contributed by atoms with Crippen LogP contribution in [0.4, 0.5) is 0 Å². The van der Waals surface area contributed by atoms with Gasteiger partial charge in [0.25, 0.3) is 0 Å². The van der Waals surface area contributed by atoms with Gasteiger partial charge in [0, 0.05) is 19.6 Å². The van der Waals surface area contributed by atoms with Gasteiger partial charge in [0.05, 0.1) is 12.8 Å². The molecule has 22 heavy (non-hydrogen) atoms. The number of aliphatic hydroxyl groups is 1. The minimum absolute atomic E-state index is 0.250. The maximum absolute atomic E-state index is 10.4. The Morgan fingerprint density at radius 2 is 2.36 bits per heavy atom. The summed E-state index contributed by atoms with van der Waals surface area (Å²) < 4.78 is 5.28. The summed E-state index contributed by atoms with van der Waals surface area (Å²) >= 11 is 0. The van der Waals surface area contributed by atoms with Gasteiger partial charge >= 0.3 is 0 Å². The van der Waals surface area contributed by atoms with Crippen molar-refractivity contribution in [2.45, 2.75) is 25.9 Å². The molecule has 6 heteroatoms. The molecule has 2 atom stereocenters. The number of hydrogen-bond donors (Lipinski definition) is 3. The normalized spacial score (nSPS) is 22.5. The third-order valence-corrected chi connectivity index (χ3v) is 3.99. The molecule has 0 amide bonds. The second-order valence-electron chi connectivity index (χ2n) is 6.24. The summed E-state index contributed by atoms with van der Waals surface area (Å²) in [6.45, 7) is 7.97. The van der Waals surface area contributed by atoms with Gasteiger partial charge in [-0.2, -0.15) is 0 Å². The Labute approximate surface area is 132 Å². The van der Waals surface area contributed by atoms with E-state index < -0.39 is 5.60 Å². The SMILES string of the molecule is CCNC(=NCC(C)(O)c1ccco1)NCC1CCN(C)C1. The third-order valence-electron chi connectivity index (χ3n) is 3.99. The molecule has 1 fully saturated rings. The molecule has 0 spiro atoms. The van der Waals surface area contributed by atoms with E-state index in [1.807, 2.05) is 6.92 Å². The van der Waals surface area contributed by atoms with Gasteiger partial charge in [0.2, 0.25) is 0 Å². The number of nitrogens with zero attached hydrogens (tertiary/aromatic N) is 2. The van der Waals surface area contributed by atoms with Crippen LogP contribution < -0.4 is 10.6 Å². The van der Waals surface area contributed by atoms with Crippen LogP contribution in [-0.4, -0.2) is 55.7 Å². The molecule has 0 aliphatic carbocycles. The van der Waals surface area contributed by atoms with Crippen molar-refractivity contribution in [3.05, 3.63) is 24.2 Å². The number of furan rings is 1. The van der Waals surface area contributed by atoms with E-state index in [2.05, 4.69) is 27.6 Å². The lowest BCUT2D eigenvalue weighted by molar-refractivity contribution is 0.0437. The zero-order valence-corrected chi connectivity index (χ0v) is 13.8. The van der Waals surface area contributed by atoms with E-state index in [0.29, 0.717) is 11.7 Å². The molecule has 1 aromatic rings. The predicted octanol–water partition coefficient (Wildman–Crippen LogP) is 0.994. The highest BCUT2D eigenvalue weighted by Gasteiger charge is 2.26. The molecule has 1 saturated heterocycles. The number of likely N-dealkylation sites (tertiary alicyclic amines) is 1. The van der Waals surface area contributed by atoms with Crippen LogP contribution >= 0.6 is 0 Å². The minimum atomic E-state index is -1.10. The van der Waals surface area contributed by atoms with E-state index in [-0.39, 0.29) is 6.54 Å². The second-order valence-corrected chi connectivity index (χ2v) is 6.24. The first-order chi connectivity index (χ1) is 10.5. The first-order valence-electron chi connectivity index (χ1n) is 7.98. The van der Waals surface area contributed by atoms with E-state index in [0.717, 1.165) is 32.1 Å². The zero-order chi connectivity index (χ0) is 16.0. The number of nitrogens with one attached hydrogen (secondary N) is 2. The van der Waals surface area contributed by atoms with Crippen molar-refractivity contribution < 1.29 is 9.52 Å². The Kier molecular flexibility index (Phi) is 5.85. The monoisotopic (exact) mass is 308 g/mol. The number of rotatable bonds is 6. The van der Waals surface area contributed by atoms with Crippen LogP contribution in [0.25, 0.3) is 0 Å². The molecular weight excluding hydrogens is 280 g/mol. The largest absolute Gasteiger partial charge is 0.466 e. The van der Waals surface area contributed by atoms with Gasteiger partial charge in [-0.3, -0.25) is 0 Å². The lowest BCUT2D eigenvalue weighted by atomic mass is 10.0. The van der Waals surface area contributed by atoms with Gasteiger partial charge in [-0.25, -0.2) is 4.99 Å². The quantitative estimate of drug-likeness (QED) is 0.540. The molecule has 2 rings (SSSR count). The summed E-state index contributed by atoms with van der Waals surface area (Å²) in [7, 11) is 2.15. The Hall–Kier alpha value is -1.53. The molecule has 2 unspecified atom stereocenters. The van der Waals surface area contributed by atoms with Gasteiger partial charge < -0.3 is 25.1 Å². The molecular formula is C16H28N4O2. The van der Waals surface area contributed by atoms with E-state index in [4.69, 9.17) is 4.42 Å². The maximum Gasteiger partial charge on any atom is 0.191 e. The predicted molar refractivity (Wildman–Crippen MR) is 87.9 cm³/mol. The number of guanidine groups is 1. The van der Waals surface area contributed by atoms with Crippen LogP contribution in [-0.2, 0) is 5.60 Å². The highest BCUT2D eigenvalue weighted by Crippen LogP contribution is 2.21. The Balaban J connectivity index is 1.89. The van der Waals surface area contributed by atoms with Crippen molar-refractivity contribution in [2.75, 3.05) is 39.8 Å². The summed E-state index contributed by atoms with van der Waals surface area (Å²) in [6, 6.07) is 3.54. The maximum atomic E-state index is 10.4. The van der Waals surface area contributed by atoms with Crippen molar-refractivity contribution in [1.29, 1.82) is 0 Å². The first-order valence-corrected chi connectivity index (χ1v) is 7.98. The smallest absolute Gasteiger partial charge is 0.191 e. The zero-order valence-electron chi connectivity index (χ0n) is 13.8. The molecule has 1 aromatic heterocycles. The van der Waals surface area contributed by atoms with Crippen LogP contribution in [0, 0.1) is 5.92 Å². The minimum Gasteiger partial charge on any atom is -0.466 e. The number of aliphatic imine (C=N–C) groups is 1. The van der Waals surface area contributed by atoms with Gasteiger partial charge in [-0.1, -0.05) is 0 Å². The molecule has 1 aliphatic heterocycles. The molecule has 0 aromatic carbocycles. The average Bonchev–Trinajstić information content (AvgIpc) is 3.13. The van der Waals surface area contributed by atoms with Gasteiger partial charge in [-0.05, 0) is 51.9 Å². The lowest BCUT2D eigenvalue weighted by Gasteiger charge is -2.20. The molecule has 124 valence electrons. The summed E-state index contributed by atoms with van der Waals surface area (Å²) in [6.07, 6.45) is 2.78. The van der Waals surface area contributed by atoms with Crippen molar-refractivity contribution in [2.24, 2.45) is 10.9 Å². The van der Waals surface area contributed by atoms with Crippen LogP contribution in [0.5, 0.6) is 0 Å². The van der Waals surface area contributed by atoms with Gasteiger partial charge in [0.15, 0.2) is 5.96 Å². The lowest BCUT2D eigenvalue weighted by Crippen LogP contribution is -2.41. The van der Waals surface area contributed by atoms with Gasteiger partial charge in [0.1, 0.15) is 11.4 Å². The Morgan fingerprint density at radius 3 is 2.95 bits per heavy atom. The Bertz CT molecular complexity index is 471. The topological polar surface area (TPSA) is 73.0 Å². The van der Waals surface area contributed by atoms with Crippen LogP contribution in [0.1, 0.15) is 26.0 Å². The molecule has 0 saturated carbocycles. The van der Waals surface area contributed by atoms with Crippen molar-refractivity contribution in [3.63, 3.8) is 0 Å². The fraction of sp³-hybridized carbons (Fsp3) is 0.688. The standard InChI is InChI=1S/C16H28N4O2/c1-4-17-15(18-10-13-7-8-20(3)11-13)19-12-16(2,21)14-6-5-9-22-14/h5-6,9,13,21H,4,7-8,10-12H2,1-3H3,(H2,17,18,19). The third kappa shape index (κ3) is 4.74. The summed E-state index contributed by atoms with van der Waals surface area (Å²) in [4.78, 5) is 6.84. The summed E-state index contributed by atoms with van der Waals surface area (Å²) in [5.41, 5.74) is -1.10. The highest BCUT2D eigenvalue weighted by molar-refractivity contribution is 5.79. The summed E-state index contributed by atoms with van der Waals surface area (Å²) in [5, 5.41) is 17.0. The molecule has 6 nitrogen and oxygen atoms in total. The van der Waals surface area contributed by atoms with Crippen molar-refractivity contribution >= 4 is 5.96 Å². The fourth-order valence-corrected chi connectivity index (χ4v) is 2.67. The van der Waals surface area contributed by atoms with Crippen LogP contribution in [0.15, 0.2) is 27.8 Å². The number of hydrogen-bond acceptors (Lipinski definition) is 4. The second kappa shape index (κ2) is 7.65. The average molecular weight is 308 g/mol. The van der Waals surface area contributed by atoms with Crippen LogP contribution in [0.3, 0.4) is 0 Å². The molecule has 0 bridgehead atoms. The van der Waals surface area contributed by atoms with E-state index >= 15 is 0 Å². The Morgan fingerprint density at radius 1 is 1.55 bits per heavy atom. The molecule has 3 N–H and O–H groups in total. The molecule has 0 radical (unpaired) electrons. The molecule has 2 heterocycles. The van der Waals surface area contributed by atoms with Crippen molar-refractivity contribution in [1.82, 2.24) is 15.5 Å². The first kappa shape index (κ1) is 16.8. The van der Waals surface area contributed by atoms with E-state index in [9.17, 15) is 5.11 Å².